The Labute approximate surface area is 242 Å². The molecule has 1 unspecified atom stereocenters. The number of methoxy groups -OCH3 is 2. The van der Waals surface area contributed by atoms with Crippen LogP contribution in [0.3, 0.4) is 0 Å². The summed E-state index contributed by atoms with van der Waals surface area (Å²) in [6.07, 6.45) is -3.13. The van der Waals surface area contributed by atoms with E-state index < -0.39 is 63.7 Å². The number of nitro groups is 1. The van der Waals surface area contributed by atoms with Gasteiger partial charge in [0.05, 0.1) is 45.0 Å². The van der Waals surface area contributed by atoms with Crippen LogP contribution in [0.5, 0.6) is 11.5 Å². The Morgan fingerprint density at radius 1 is 0.905 bits per heavy atom. The minimum atomic E-state index is -1.26. The van der Waals surface area contributed by atoms with Crippen LogP contribution < -0.4 is 9.47 Å². The third-order valence-corrected chi connectivity index (χ3v) is 5.55. The van der Waals surface area contributed by atoms with Crippen molar-refractivity contribution in [3.63, 3.8) is 0 Å². The number of carbonyl (C=O) groups excluding carboxylic acids is 3. The summed E-state index contributed by atoms with van der Waals surface area (Å²) in [5.74, 6) is -2.51. The molecule has 1 aromatic carbocycles. The Hall–Kier alpha value is -4.31. The largest absolute Gasteiger partial charge is 0.510 e. The van der Waals surface area contributed by atoms with Crippen LogP contribution >= 0.6 is 0 Å². The summed E-state index contributed by atoms with van der Waals surface area (Å²) in [7, 11) is 2.57. The molecule has 2 aromatic rings. The predicted octanol–water partition coefficient (Wildman–Crippen LogP) is 3.36. The van der Waals surface area contributed by atoms with Crippen molar-refractivity contribution in [2.24, 2.45) is 5.92 Å². The van der Waals surface area contributed by atoms with Gasteiger partial charge in [0, 0.05) is 25.2 Å². The van der Waals surface area contributed by atoms with Gasteiger partial charge in [0.15, 0.2) is 23.3 Å². The fourth-order valence-corrected chi connectivity index (χ4v) is 3.58. The molecule has 0 N–H and O–H groups in total. The normalized spacial score (nSPS) is 11.7. The molecule has 1 atom stereocenters. The van der Waals surface area contributed by atoms with Crippen LogP contribution in [0.15, 0.2) is 12.1 Å². The molecule has 16 heteroatoms. The van der Waals surface area contributed by atoms with E-state index in [0.29, 0.717) is 13.2 Å². The first-order valence-electron chi connectivity index (χ1n) is 13.1. The Balaban J connectivity index is 2.54. The highest BCUT2D eigenvalue weighted by molar-refractivity contribution is 6.14. The number of esters is 1. The zero-order chi connectivity index (χ0) is 31.4. The summed E-state index contributed by atoms with van der Waals surface area (Å²) in [6, 6.07) is 2.11. The molecule has 0 bridgehead atoms. The van der Waals surface area contributed by atoms with Gasteiger partial charge in [0.1, 0.15) is 5.56 Å². The average Bonchev–Trinajstić information content (AvgIpc) is 3.41. The lowest BCUT2D eigenvalue weighted by molar-refractivity contribution is -0.385. The molecule has 42 heavy (non-hydrogen) atoms. The van der Waals surface area contributed by atoms with Gasteiger partial charge in [0.2, 0.25) is 17.7 Å². The first-order chi connectivity index (χ1) is 20.0. The van der Waals surface area contributed by atoms with Gasteiger partial charge >= 0.3 is 12.1 Å². The molecule has 0 spiro atoms. The quantitative estimate of drug-likeness (QED) is 0.112. The van der Waals surface area contributed by atoms with Crippen molar-refractivity contribution >= 4 is 23.6 Å². The molecule has 2 rings (SSSR count). The second-order valence-electron chi connectivity index (χ2n) is 8.81. The van der Waals surface area contributed by atoms with Gasteiger partial charge in [-0.05, 0) is 20.8 Å². The van der Waals surface area contributed by atoms with E-state index in [-0.39, 0.29) is 31.3 Å². The fourth-order valence-electron chi connectivity index (χ4n) is 3.58. The first kappa shape index (κ1) is 33.9. The predicted molar refractivity (Wildman–Crippen MR) is 144 cm³/mol. The summed E-state index contributed by atoms with van der Waals surface area (Å²) >= 11 is 0. The van der Waals surface area contributed by atoms with Crippen LogP contribution in [0.1, 0.15) is 67.4 Å². The van der Waals surface area contributed by atoms with Crippen LogP contribution in [0.2, 0.25) is 0 Å². The van der Waals surface area contributed by atoms with Gasteiger partial charge in [-0.1, -0.05) is 13.8 Å². The molecule has 1 aromatic heterocycles. The number of hydrogen-bond donors (Lipinski definition) is 0. The van der Waals surface area contributed by atoms with E-state index in [0.717, 1.165) is 16.9 Å². The minimum absolute atomic E-state index is 0.00813. The lowest BCUT2D eigenvalue weighted by Gasteiger charge is -2.22. The van der Waals surface area contributed by atoms with Crippen molar-refractivity contribution in [3.8, 4) is 11.5 Å². The molecule has 0 aliphatic carbocycles. The molecule has 16 nitrogen and oxygen atoms in total. The number of aromatic nitrogens is 3. The molecule has 0 saturated carbocycles. The van der Waals surface area contributed by atoms with E-state index in [9.17, 15) is 24.5 Å². The Morgan fingerprint density at radius 3 is 1.98 bits per heavy atom. The standard InChI is InChI=1S/C26H36N4O12/c1-8-38-13-16(14-39-9-2)41-26(33)42-24(15(4)5)29-27-21(22(28-29)25(32)40-10-3)23(31)17-11-19(36-6)20(37-7)12-18(17)30(34)35/h11-12,15-16,24H,8-10,13-14H2,1-7H3. The molecule has 232 valence electrons. The Bertz CT molecular complexity index is 1240. The van der Waals surface area contributed by atoms with Crippen LogP contribution in [0, 0.1) is 16.0 Å². The number of ether oxygens (including phenoxy) is 7. The van der Waals surface area contributed by atoms with Crippen LogP contribution in [0.4, 0.5) is 10.5 Å². The molecule has 0 amide bonds. The van der Waals surface area contributed by atoms with Gasteiger partial charge in [-0.3, -0.25) is 14.9 Å². The second-order valence-corrected chi connectivity index (χ2v) is 8.81. The highest BCUT2D eigenvalue weighted by atomic mass is 16.7. The Kier molecular flexibility index (Phi) is 13.1. The molecule has 0 saturated heterocycles. The average molecular weight is 597 g/mol. The number of benzene rings is 1. The van der Waals surface area contributed by atoms with E-state index in [1.54, 1.807) is 34.6 Å². The zero-order valence-corrected chi connectivity index (χ0v) is 24.6. The number of ketones is 1. The summed E-state index contributed by atoms with van der Waals surface area (Å²) < 4.78 is 36.8. The lowest BCUT2D eigenvalue weighted by atomic mass is 10.0. The topological polar surface area (TPSA) is 190 Å². The summed E-state index contributed by atoms with van der Waals surface area (Å²) in [4.78, 5) is 51.0. The molecule has 0 aliphatic rings. The van der Waals surface area contributed by atoms with E-state index in [1.165, 1.54) is 14.2 Å². The SMILES string of the molecule is CCOCC(COCC)OC(=O)OC(C(C)C)n1nc(C(=O)OCC)c(C(=O)c2cc(OC)c(OC)cc2[N+](=O)[O-])n1. The molecule has 0 aliphatic heterocycles. The van der Waals surface area contributed by atoms with Crippen LogP contribution in [-0.4, -0.2) is 91.2 Å². The fraction of sp³-hybridized carbons (Fsp3) is 0.577. The summed E-state index contributed by atoms with van der Waals surface area (Å²) in [5, 5.41) is 20.0. The monoisotopic (exact) mass is 596 g/mol. The van der Waals surface area contributed by atoms with Gasteiger partial charge < -0.3 is 33.2 Å². The highest BCUT2D eigenvalue weighted by Gasteiger charge is 2.35. The smallest absolute Gasteiger partial charge is 0.493 e. The molecule has 0 fully saturated rings. The maximum absolute atomic E-state index is 13.7. The third-order valence-electron chi connectivity index (χ3n) is 5.55. The molecule has 1 heterocycles. The molecular formula is C26H36N4O12. The van der Waals surface area contributed by atoms with Crippen molar-refractivity contribution in [2.75, 3.05) is 47.3 Å². The van der Waals surface area contributed by atoms with Crippen molar-refractivity contribution in [3.05, 3.63) is 39.2 Å². The highest BCUT2D eigenvalue weighted by Crippen LogP contribution is 2.36. The van der Waals surface area contributed by atoms with Gasteiger partial charge in [-0.2, -0.15) is 0 Å². The lowest BCUT2D eigenvalue weighted by Crippen LogP contribution is -2.32. The van der Waals surface area contributed by atoms with E-state index in [1.807, 2.05) is 0 Å². The van der Waals surface area contributed by atoms with Gasteiger partial charge in [-0.25, -0.2) is 9.59 Å². The number of carbonyl (C=O) groups is 3. The first-order valence-corrected chi connectivity index (χ1v) is 13.1. The summed E-state index contributed by atoms with van der Waals surface area (Å²) in [6.45, 7) is 9.29. The maximum Gasteiger partial charge on any atom is 0.510 e. The number of nitro benzene ring substituents is 1. The van der Waals surface area contributed by atoms with Crippen molar-refractivity contribution in [2.45, 2.75) is 47.0 Å². The van der Waals surface area contributed by atoms with Crippen molar-refractivity contribution in [1.82, 2.24) is 15.0 Å². The number of nitrogens with zero attached hydrogens (tertiary/aromatic N) is 4. The van der Waals surface area contributed by atoms with Crippen molar-refractivity contribution < 1.29 is 52.5 Å². The van der Waals surface area contributed by atoms with Gasteiger partial charge in [-0.15, -0.1) is 15.0 Å². The van der Waals surface area contributed by atoms with E-state index in [4.69, 9.17) is 33.2 Å². The van der Waals surface area contributed by atoms with Crippen molar-refractivity contribution in [1.29, 1.82) is 0 Å². The molecular weight excluding hydrogens is 560 g/mol. The number of rotatable bonds is 17. The number of hydrogen-bond acceptors (Lipinski definition) is 14. The Morgan fingerprint density at radius 2 is 1.48 bits per heavy atom. The maximum atomic E-state index is 13.7. The van der Waals surface area contributed by atoms with E-state index in [2.05, 4.69) is 10.2 Å². The van der Waals surface area contributed by atoms with Crippen LogP contribution in [0.25, 0.3) is 0 Å². The second kappa shape index (κ2) is 16.2. The third kappa shape index (κ3) is 8.59. The zero-order valence-electron chi connectivity index (χ0n) is 24.6. The van der Waals surface area contributed by atoms with E-state index >= 15 is 0 Å². The summed E-state index contributed by atoms with van der Waals surface area (Å²) in [5.41, 5.74) is -2.20. The van der Waals surface area contributed by atoms with Crippen LogP contribution in [-0.2, 0) is 23.7 Å². The minimum Gasteiger partial charge on any atom is -0.493 e. The molecule has 0 radical (unpaired) electrons. The van der Waals surface area contributed by atoms with Gasteiger partial charge in [0.25, 0.3) is 5.69 Å².